The number of nitrogens with one attached hydrogen (secondary N) is 1. The van der Waals surface area contributed by atoms with Crippen LogP contribution in [-0.4, -0.2) is 37.2 Å². The highest BCUT2D eigenvalue weighted by Gasteiger charge is 2.16. The fourth-order valence-corrected chi connectivity index (χ4v) is 1.86. The molecule has 0 aromatic heterocycles. The summed E-state index contributed by atoms with van der Waals surface area (Å²) in [7, 11) is 0. The Kier molecular flexibility index (Phi) is 4.00. The molecule has 0 radical (unpaired) electrons. The highest BCUT2D eigenvalue weighted by molar-refractivity contribution is 14.1. The van der Waals surface area contributed by atoms with E-state index < -0.39 is 0 Å². The zero-order valence-electron chi connectivity index (χ0n) is 8.78. The smallest absolute Gasteiger partial charge is 0.321 e. The Hall–Kier alpha value is -0.820. The number of rotatable bonds is 1. The van der Waals surface area contributed by atoms with Gasteiger partial charge in [0.2, 0.25) is 0 Å². The van der Waals surface area contributed by atoms with Crippen molar-refractivity contribution in [1.29, 1.82) is 0 Å². The van der Waals surface area contributed by atoms with Gasteiger partial charge in [0.15, 0.2) is 0 Å². The number of carbonyl (C=O) groups is 1. The maximum absolute atomic E-state index is 11.8. The van der Waals surface area contributed by atoms with E-state index in [9.17, 15) is 4.79 Å². The number of benzene rings is 1. The lowest BCUT2D eigenvalue weighted by Gasteiger charge is -2.26. The molecule has 16 heavy (non-hydrogen) atoms. The van der Waals surface area contributed by atoms with Crippen LogP contribution in [0.3, 0.4) is 0 Å². The number of morpholine rings is 1. The molecular weight excluding hydrogens is 319 g/mol. The molecule has 0 spiro atoms. The first-order chi connectivity index (χ1) is 7.75. The zero-order chi connectivity index (χ0) is 11.4. The van der Waals surface area contributed by atoms with Crippen LogP contribution < -0.4 is 5.32 Å². The highest BCUT2D eigenvalue weighted by Crippen LogP contribution is 2.12. The van der Waals surface area contributed by atoms with Gasteiger partial charge in [-0.2, -0.15) is 0 Å². The summed E-state index contributed by atoms with van der Waals surface area (Å²) in [5, 5.41) is 2.87. The average molecular weight is 332 g/mol. The second-order valence-corrected chi connectivity index (χ2v) is 4.78. The topological polar surface area (TPSA) is 41.6 Å². The van der Waals surface area contributed by atoms with Crippen molar-refractivity contribution >= 4 is 34.3 Å². The number of ether oxygens (including phenoxy) is 1. The van der Waals surface area contributed by atoms with Crippen molar-refractivity contribution in [3.8, 4) is 0 Å². The van der Waals surface area contributed by atoms with Gasteiger partial charge < -0.3 is 15.0 Å². The van der Waals surface area contributed by atoms with Gasteiger partial charge in [-0.1, -0.05) is 0 Å². The van der Waals surface area contributed by atoms with Gasteiger partial charge >= 0.3 is 6.03 Å². The summed E-state index contributed by atoms with van der Waals surface area (Å²) in [6, 6.07) is 7.69. The second kappa shape index (κ2) is 5.49. The number of halogens is 1. The molecule has 1 aliphatic heterocycles. The summed E-state index contributed by atoms with van der Waals surface area (Å²) in [4.78, 5) is 13.6. The molecule has 0 bridgehead atoms. The van der Waals surface area contributed by atoms with E-state index in [-0.39, 0.29) is 6.03 Å². The summed E-state index contributed by atoms with van der Waals surface area (Å²) < 4.78 is 6.35. The average Bonchev–Trinajstić information content (AvgIpc) is 2.33. The summed E-state index contributed by atoms with van der Waals surface area (Å²) in [6.07, 6.45) is 0. The van der Waals surface area contributed by atoms with Crippen molar-refractivity contribution in [2.24, 2.45) is 0 Å². The number of hydrogen-bond acceptors (Lipinski definition) is 2. The van der Waals surface area contributed by atoms with Gasteiger partial charge in [0.05, 0.1) is 13.2 Å². The molecule has 5 heteroatoms. The van der Waals surface area contributed by atoms with E-state index >= 15 is 0 Å². The van der Waals surface area contributed by atoms with Gasteiger partial charge in [-0.3, -0.25) is 0 Å². The predicted octanol–water partition coefficient (Wildman–Crippen LogP) is 2.16. The molecule has 1 aliphatic rings. The minimum atomic E-state index is -0.0514. The molecule has 0 unspecified atom stereocenters. The Labute approximate surface area is 108 Å². The Bertz CT molecular complexity index is 361. The molecule has 1 aromatic carbocycles. The molecule has 1 aromatic rings. The largest absolute Gasteiger partial charge is 0.378 e. The van der Waals surface area contributed by atoms with Crippen LogP contribution in [0.25, 0.3) is 0 Å². The summed E-state index contributed by atoms with van der Waals surface area (Å²) >= 11 is 2.23. The summed E-state index contributed by atoms with van der Waals surface area (Å²) in [5.41, 5.74) is 0.830. The first kappa shape index (κ1) is 11.7. The molecular formula is C11H13IN2O2. The highest BCUT2D eigenvalue weighted by atomic mass is 127. The van der Waals surface area contributed by atoms with E-state index in [4.69, 9.17) is 4.74 Å². The quantitative estimate of drug-likeness (QED) is 0.801. The number of amides is 2. The van der Waals surface area contributed by atoms with Crippen LogP contribution in [0.2, 0.25) is 0 Å². The predicted molar refractivity (Wildman–Crippen MR) is 70.6 cm³/mol. The molecule has 4 nitrogen and oxygen atoms in total. The lowest BCUT2D eigenvalue weighted by atomic mass is 10.3. The Morgan fingerprint density at radius 2 is 1.88 bits per heavy atom. The molecule has 1 heterocycles. The van der Waals surface area contributed by atoms with E-state index in [2.05, 4.69) is 27.9 Å². The van der Waals surface area contributed by atoms with Crippen molar-refractivity contribution in [2.75, 3.05) is 31.6 Å². The van der Waals surface area contributed by atoms with Crippen LogP contribution in [0, 0.1) is 3.57 Å². The lowest BCUT2D eigenvalue weighted by Crippen LogP contribution is -2.43. The van der Waals surface area contributed by atoms with Crippen LogP contribution in [0.5, 0.6) is 0 Å². The molecule has 1 fully saturated rings. The van der Waals surface area contributed by atoms with E-state index in [1.165, 1.54) is 0 Å². The van der Waals surface area contributed by atoms with Crippen molar-refractivity contribution in [1.82, 2.24) is 4.90 Å². The maximum atomic E-state index is 11.8. The van der Waals surface area contributed by atoms with Crippen molar-refractivity contribution in [2.45, 2.75) is 0 Å². The minimum absolute atomic E-state index is 0.0514. The fourth-order valence-electron chi connectivity index (χ4n) is 1.50. The van der Waals surface area contributed by atoms with Gasteiger partial charge in [0.25, 0.3) is 0 Å². The molecule has 1 saturated heterocycles. The monoisotopic (exact) mass is 332 g/mol. The standard InChI is InChI=1S/C11H13IN2O2/c12-9-1-3-10(4-2-9)13-11(15)14-5-7-16-8-6-14/h1-4H,5-8H2,(H,13,15). The third-order valence-electron chi connectivity index (χ3n) is 2.39. The summed E-state index contributed by atoms with van der Waals surface area (Å²) in [6.45, 7) is 2.58. The van der Waals surface area contributed by atoms with Gasteiger partial charge in [-0.05, 0) is 46.9 Å². The van der Waals surface area contributed by atoms with E-state index in [0.29, 0.717) is 26.3 Å². The molecule has 0 aliphatic carbocycles. The normalized spacial score (nSPS) is 15.9. The van der Waals surface area contributed by atoms with Crippen LogP contribution >= 0.6 is 22.6 Å². The molecule has 0 saturated carbocycles. The second-order valence-electron chi connectivity index (χ2n) is 3.54. The molecule has 1 N–H and O–H groups in total. The number of urea groups is 1. The maximum Gasteiger partial charge on any atom is 0.321 e. The van der Waals surface area contributed by atoms with E-state index in [1.54, 1.807) is 4.90 Å². The van der Waals surface area contributed by atoms with Crippen molar-refractivity contribution in [3.05, 3.63) is 27.8 Å². The first-order valence-corrected chi connectivity index (χ1v) is 6.23. The van der Waals surface area contributed by atoms with Crippen LogP contribution in [0.1, 0.15) is 0 Å². The molecule has 2 rings (SSSR count). The van der Waals surface area contributed by atoms with Gasteiger partial charge in [-0.25, -0.2) is 4.79 Å². The molecule has 2 amide bonds. The van der Waals surface area contributed by atoms with Crippen molar-refractivity contribution < 1.29 is 9.53 Å². The van der Waals surface area contributed by atoms with Crippen molar-refractivity contribution in [3.63, 3.8) is 0 Å². The Morgan fingerprint density at radius 3 is 2.50 bits per heavy atom. The Morgan fingerprint density at radius 1 is 1.25 bits per heavy atom. The molecule has 86 valence electrons. The number of hydrogen-bond donors (Lipinski definition) is 1. The van der Waals surface area contributed by atoms with Gasteiger partial charge in [-0.15, -0.1) is 0 Å². The lowest BCUT2D eigenvalue weighted by molar-refractivity contribution is 0.0564. The van der Waals surface area contributed by atoms with Crippen LogP contribution in [-0.2, 0) is 4.74 Å². The third kappa shape index (κ3) is 3.08. The third-order valence-corrected chi connectivity index (χ3v) is 3.11. The van der Waals surface area contributed by atoms with Crippen LogP contribution in [0.4, 0.5) is 10.5 Å². The fraction of sp³-hybridized carbons (Fsp3) is 0.364. The molecule has 0 atom stereocenters. The van der Waals surface area contributed by atoms with E-state index in [1.807, 2.05) is 24.3 Å². The number of anilines is 1. The van der Waals surface area contributed by atoms with Gasteiger partial charge in [0, 0.05) is 22.3 Å². The zero-order valence-corrected chi connectivity index (χ0v) is 10.9. The first-order valence-electron chi connectivity index (χ1n) is 5.15. The van der Waals surface area contributed by atoms with Gasteiger partial charge in [0.1, 0.15) is 0 Å². The number of carbonyl (C=O) groups excluding carboxylic acids is 1. The minimum Gasteiger partial charge on any atom is -0.378 e. The van der Waals surface area contributed by atoms with Crippen LogP contribution in [0.15, 0.2) is 24.3 Å². The number of nitrogens with zero attached hydrogens (tertiary/aromatic N) is 1. The SMILES string of the molecule is O=C(Nc1ccc(I)cc1)N1CCOCC1. The van der Waals surface area contributed by atoms with E-state index in [0.717, 1.165) is 9.26 Å². The summed E-state index contributed by atoms with van der Waals surface area (Å²) in [5.74, 6) is 0. The Balaban J connectivity index is 1.93.